The molecule has 1 aromatic heterocycles. The summed E-state index contributed by atoms with van der Waals surface area (Å²) in [5.41, 5.74) is 1.16. The van der Waals surface area contributed by atoms with Gasteiger partial charge in [-0.25, -0.2) is 0 Å². The van der Waals surface area contributed by atoms with Gasteiger partial charge in [0, 0.05) is 17.1 Å². The van der Waals surface area contributed by atoms with Crippen LogP contribution in [-0.4, -0.2) is 17.1 Å². The molecule has 1 fully saturated rings. The highest BCUT2D eigenvalue weighted by Gasteiger charge is 2.34. The second-order valence-electron chi connectivity index (χ2n) is 6.07. The maximum Gasteiger partial charge on any atom is 0.242 e. The SMILES string of the molecule is Cc1cc(NC(=O)[C@@H](C)N[C@@H](c2ccc(Cl)cc2)C2CC2)no1. The summed E-state index contributed by atoms with van der Waals surface area (Å²) >= 11 is 5.96. The molecule has 3 rings (SSSR count). The Morgan fingerprint density at radius 3 is 2.61 bits per heavy atom. The fourth-order valence-corrected chi connectivity index (χ4v) is 2.73. The van der Waals surface area contributed by atoms with E-state index in [1.807, 2.05) is 31.2 Å². The Morgan fingerprint density at radius 2 is 2.04 bits per heavy atom. The van der Waals surface area contributed by atoms with E-state index in [0.29, 0.717) is 17.5 Å². The van der Waals surface area contributed by atoms with Crippen molar-refractivity contribution in [2.45, 2.75) is 38.8 Å². The van der Waals surface area contributed by atoms with Gasteiger partial charge < -0.3 is 9.84 Å². The minimum absolute atomic E-state index is 0.127. The highest BCUT2D eigenvalue weighted by Crippen LogP contribution is 2.41. The highest BCUT2D eigenvalue weighted by molar-refractivity contribution is 6.30. The molecule has 1 aromatic carbocycles. The number of carbonyl (C=O) groups is 1. The van der Waals surface area contributed by atoms with E-state index >= 15 is 0 Å². The monoisotopic (exact) mass is 333 g/mol. The first-order valence-electron chi connectivity index (χ1n) is 7.78. The number of anilines is 1. The largest absolute Gasteiger partial charge is 0.360 e. The van der Waals surface area contributed by atoms with Gasteiger partial charge in [0.05, 0.1) is 6.04 Å². The van der Waals surface area contributed by atoms with Crippen molar-refractivity contribution in [1.29, 1.82) is 0 Å². The van der Waals surface area contributed by atoms with Crippen LogP contribution in [0.4, 0.5) is 5.82 Å². The van der Waals surface area contributed by atoms with Crippen LogP contribution in [0.2, 0.25) is 5.02 Å². The van der Waals surface area contributed by atoms with E-state index in [9.17, 15) is 4.79 Å². The summed E-state index contributed by atoms with van der Waals surface area (Å²) in [5.74, 6) is 1.55. The summed E-state index contributed by atoms with van der Waals surface area (Å²) in [6, 6.07) is 9.32. The lowest BCUT2D eigenvalue weighted by atomic mass is 10.0. The average Bonchev–Trinajstić information content (AvgIpc) is 3.29. The predicted molar refractivity (Wildman–Crippen MR) is 89.4 cm³/mol. The molecule has 6 heteroatoms. The minimum Gasteiger partial charge on any atom is -0.360 e. The molecule has 2 N–H and O–H groups in total. The Kier molecular flexibility index (Phi) is 4.68. The standard InChI is InChI=1S/C17H20ClN3O2/c1-10-9-15(21-23-10)20-17(22)11(2)19-16(12-3-4-12)13-5-7-14(18)8-6-13/h5-9,11-12,16,19H,3-4H2,1-2H3,(H,20,21,22)/t11-,16-/m1/s1. The van der Waals surface area contributed by atoms with E-state index < -0.39 is 0 Å². The van der Waals surface area contributed by atoms with Crippen molar-refractivity contribution in [3.63, 3.8) is 0 Å². The molecule has 0 saturated heterocycles. The van der Waals surface area contributed by atoms with Gasteiger partial charge >= 0.3 is 0 Å². The third kappa shape index (κ3) is 4.12. The van der Waals surface area contributed by atoms with E-state index in [1.165, 1.54) is 12.8 Å². The number of rotatable bonds is 6. The van der Waals surface area contributed by atoms with Crippen molar-refractivity contribution < 1.29 is 9.32 Å². The van der Waals surface area contributed by atoms with Gasteiger partial charge in [0.25, 0.3) is 0 Å². The second-order valence-corrected chi connectivity index (χ2v) is 6.50. The van der Waals surface area contributed by atoms with Crippen LogP contribution in [0.1, 0.15) is 37.1 Å². The molecule has 1 heterocycles. The van der Waals surface area contributed by atoms with Crippen LogP contribution < -0.4 is 10.6 Å². The molecule has 122 valence electrons. The van der Waals surface area contributed by atoms with Gasteiger partial charge in [0.1, 0.15) is 5.76 Å². The van der Waals surface area contributed by atoms with E-state index in [2.05, 4.69) is 15.8 Å². The lowest BCUT2D eigenvalue weighted by molar-refractivity contribution is -0.118. The highest BCUT2D eigenvalue weighted by atomic mass is 35.5. The summed E-state index contributed by atoms with van der Waals surface area (Å²) in [7, 11) is 0. The molecular weight excluding hydrogens is 314 g/mol. The van der Waals surface area contributed by atoms with Gasteiger partial charge in [0.15, 0.2) is 5.82 Å². The number of nitrogens with one attached hydrogen (secondary N) is 2. The van der Waals surface area contributed by atoms with Gasteiger partial charge in [0.2, 0.25) is 5.91 Å². The fourth-order valence-electron chi connectivity index (χ4n) is 2.61. The Bertz CT molecular complexity index is 679. The molecule has 23 heavy (non-hydrogen) atoms. The van der Waals surface area contributed by atoms with Crippen molar-refractivity contribution in [3.8, 4) is 0 Å². The van der Waals surface area contributed by atoms with E-state index in [1.54, 1.807) is 13.0 Å². The van der Waals surface area contributed by atoms with Crippen LogP contribution in [-0.2, 0) is 4.79 Å². The van der Waals surface area contributed by atoms with Gasteiger partial charge in [-0.05, 0) is 50.3 Å². The first kappa shape index (κ1) is 16.0. The summed E-state index contributed by atoms with van der Waals surface area (Å²) in [4.78, 5) is 12.3. The zero-order valence-electron chi connectivity index (χ0n) is 13.2. The summed E-state index contributed by atoms with van der Waals surface area (Å²) in [6.07, 6.45) is 2.36. The van der Waals surface area contributed by atoms with E-state index in [0.717, 1.165) is 10.6 Å². The van der Waals surface area contributed by atoms with Crippen LogP contribution in [0.5, 0.6) is 0 Å². The number of halogens is 1. The van der Waals surface area contributed by atoms with Gasteiger partial charge in [-0.1, -0.05) is 28.9 Å². The predicted octanol–water partition coefficient (Wildman–Crippen LogP) is 3.70. The lowest BCUT2D eigenvalue weighted by Crippen LogP contribution is -2.41. The number of aromatic nitrogens is 1. The number of benzene rings is 1. The van der Waals surface area contributed by atoms with Crippen molar-refractivity contribution in [1.82, 2.24) is 10.5 Å². The molecule has 1 saturated carbocycles. The summed E-state index contributed by atoms with van der Waals surface area (Å²) < 4.78 is 4.96. The van der Waals surface area contributed by atoms with Gasteiger partial charge in [-0.3, -0.25) is 10.1 Å². The average molecular weight is 334 g/mol. The molecule has 2 aromatic rings. The van der Waals surface area contributed by atoms with E-state index in [-0.39, 0.29) is 18.0 Å². The Balaban J connectivity index is 1.65. The Morgan fingerprint density at radius 1 is 1.35 bits per heavy atom. The molecule has 2 atom stereocenters. The summed E-state index contributed by atoms with van der Waals surface area (Å²) in [5, 5.41) is 10.7. The van der Waals surface area contributed by atoms with Crippen molar-refractivity contribution in [2.24, 2.45) is 5.92 Å². The zero-order valence-corrected chi connectivity index (χ0v) is 13.9. The van der Waals surface area contributed by atoms with Crippen LogP contribution in [0.25, 0.3) is 0 Å². The Hall–Kier alpha value is -1.85. The first-order chi connectivity index (χ1) is 11.0. The molecule has 5 nitrogen and oxygen atoms in total. The van der Waals surface area contributed by atoms with Crippen molar-refractivity contribution in [3.05, 3.63) is 46.7 Å². The maximum atomic E-state index is 12.3. The molecule has 1 aliphatic carbocycles. The lowest BCUT2D eigenvalue weighted by Gasteiger charge is -2.23. The molecule has 0 spiro atoms. The zero-order chi connectivity index (χ0) is 16.4. The number of aryl methyl sites for hydroxylation is 1. The van der Waals surface area contributed by atoms with Crippen LogP contribution in [0.3, 0.4) is 0 Å². The fraction of sp³-hybridized carbons (Fsp3) is 0.412. The molecule has 0 aliphatic heterocycles. The quantitative estimate of drug-likeness (QED) is 0.845. The number of nitrogens with zero attached hydrogens (tertiary/aromatic N) is 1. The molecule has 1 amide bonds. The van der Waals surface area contributed by atoms with Gasteiger partial charge in [-0.15, -0.1) is 0 Å². The van der Waals surface area contributed by atoms with Crippen LogP contribution in [0, 0.1) is 12.8 Å². The molecule has 0 unspecified atom stereocenters. The third-order valence-corrected chi connectivity index (χ3v) is 4.28. The smallest absolute Gasteiger partial charge is 0.242 e. The molecule has 1 aliphatic rings. The van der Waals surface area contributed by atoms with Crippen LogP contribution in [0.15, 0.2) is 34.9 Å². The second kappa shape index (κ2) is 6.72. The van der Waals surface area contributed by atoms with Gasteiger partial charge in [-0.2, -0.15) is 0 Å². The molecular formula is C17H20ClN3O2. The number of amides is 1. The molecule has 0 bridgehead atoms. The van der Waals surface area contributed by atoms with Crippen molar-refractivity contribution >= 4 is 23.3 Å². The first-order valence-corrected chi connectivity index (χ1v) is 8.16. The van der Waals surface area contributed by atoms with Crippen LogP contribution >= 0.6 is 11.6 Å². The topological polar surface area (TPSA) is 67.2 Å². The summed E-state index contributed by atoms with van der Waals surface area (Å²) in [6.45, 7) is 3.64. The van der Waals surface area contributed by atoms with E-state index in [4.69, 9.17) is 16.1 Å². The number of carbonyl (C=O) groups excluding carboxylic acids is 1. The third-order valence-electron chi connectivity index (χ3n) is 4.02. The normalized spacial score (nSPS) is 16.8. The minimum atomic E-state index is -0.340. The number of hydrogen-bond acceptors (Lipinski definition) is 4. The number of hydrogen-bond donors (Lipinski definition) is 2. The Labute approximate surface area is 140 Å². The maximum absolute atomic E-state index is 12.3. The van der Waals surface area contributed by atoms with Crippen molar-refractivity contribution in [2.75, 3.05) is 5.32 Å². The molecule has 0 radical (unpaired) electrons.